The number of ether oxygens (including phenoxy) is 1. The summed E-state index contributed by atoms with van der Waals surface area (Å²) in [5.74, 6) is 0.398. The molecule has 3 atom stereocenters. The van der Waals surface area contributed by atoms with Gasteiger partial charge in [0.1, 0.15) is 6.04 Å². The molecule has 0 aromatic heterocycles. The number of hydrogen-bond donors (Lipinski definition) is 0. The summed E-state index contributed by atoms with van der Waals surface area (Å²) in [5.41, 5.74) is 1.25. The van der Waals surface area contributed by atoms with Crippen LogP contribution in [0.2, 0.25) is 0 Å². The molecule has 3 heteroatoms. The Morgan fingerprint density at radius 3 is 2.56 bits per heavy atom. The fourth-order valence-corrected chi connectivity index (χ4v) is 2.54. The number of hydrogen-bond acceptors (Lipinski definition) is 3. The van der Waals surface area contributed by atoms with Crippen LogP contribution in [0.25, 0.3) is 0 Å². The summed E-state index contributed by atoms with van der Waals surface area (Å²) in [4.78, 5) is 14.1. The molecule has 18 heavy (non-hydrogen) atoms. The molecule has 1 saturated heterocycles. The Balaban J connectivity index is 2.01. The normalized spacial score (nSPS) is 26.1. The molecule has 0 aliphatic carbocycles. The second kappa shape index (κ2) is 5.53. The van der Waals surface area contributed by atoms with Gasteiger partial charge in [0, 0.05) is 12.6 Å². The zero-order chi connectivity index (χ0) is 13.1. The molecule has 1 aliphatic heterocycles. The lowest BCUT2D eigenvalue weighted by atomic mass is 10.1. The monoisotopic (exact) mass is 247 g/mol. The van der Waals surface area contributed by atoms with Gasteiger partial charge in [-0.25, -0.2) is 0 Å². The molecule has 1 aromatic carbocycles. The molecule has 0 N–H and O–H groups in total. The van der Waals surface area contributed by atoms with Crippen LogP contribution < -0.4 is 0 Å². The van der Waals surface area contributed by atoms with Crippen LogP contribution in [-0.2, 0) is 16.1 Å². The van der Waals surface area contributed by atoms with Crippen molar-refractivity contribution < 1.29 is 9.53 Å². The third-order valence-electron chi connectivity index (χ3n) is 3.39. The summed E-state index contributed by atoms with van der Waals surface area (Å²) < 4.78 is 5.13. The standard InChI is InChI=1S/C15H21NO2/c1-4-18-15(17)14-13(11(2)3)16(14)10-12-8-6-5-7-9-12/h5-9,11,13-14H,4,10H2,1-3H3/t13?,14-,16?/m1/s1. The van der Waals surface area contributed by atoms with E-state index in [1.807, 2.05) is 25.1 Å². The summed E-state index contributed by atoms with van der Waals surface area (Å²) in [6, 6.07) is 10.5. The van der Waals surface area contributed by atoms with Crippen LogP contribution in [0.3, 0.4) is 0 Å². The molecule has 3 nitrogen and oxygen atoms in total. The van der Waals surface area contributed by atoms with Gasteiger partial charge in [-0.05, 0) is 18.4 Å². The second-order valence-corrected chi connectivity index (χ2v) is 5.09. The van der Waals surface area contributed by atoms with Gasteiger partial charge in [0.15, 0.2) is 0 Å². The second-order valence-electron chi connectivity index (χ2n) is 5.09. The van der Waals surface area contributed by atoms with E-state index in [0.717, 1.165) is 6.54 Å². The van der Waals surface area contributed by atoms with Crippen molar-refractivity contribution in [3.63, 3.8) is 0 Å². The Morgan fingerprint density at radius 2 is 2.00 bits per heavy atom. The van der Waals surface area contributed by atoms with Crippen LogP contribution in [-0.4, -0.2) is 29.6 Å². The van der Waals surface area contributed by atoms with Gasteiger partial charge in [-0.15, -0.1) is 0 Å². The van der Waals surface area contributed by atoms with Gasteiger partial charge in [0.2, 0.25) is 0 Å². The predicted molar refractivity (Wildman–Crippen MR) is 71.0 cm³/mol. The molecule has 2 rings (SSSR count). The van der Waals surface area contributed by atoms with Crippen molar-refractivity contribution in [1.82, 2.24) is 4.90 Å². The molecule has 1 aliphatic rings. The molecule has 0 radical (unpaired) electrons. The smallest absolute Gasteiger partial charge is 0.325 e. The van der Waals surface area contributed by atoms with Crippen molar-refractivity contribution in [2.45, 2.75) is 39.4 Å². The molecule has 1 aromatic rings. The molecule has 0 saturated carbocycles. The van der Waals surface area contributed by atoms with Gasteiger partial charge in [0.05, 0.1) is 6.61 Å². The zero-order valence-corrected chi connectivity index (χ0v) is 11.3. The first-order valence-electron chi connectivity index (χ1n) is 6.61. The minimum absolute atomic E-state index is 0.0508. The van der Waals surface area contributed by atoms with Crippen LogP contribution >= 0.6 is 0 Å². The van der Waals surface area contributed by atoms with Gasteiger partial charge in [-0.3, -0.25) is 9.69 Å². The molecule has 2 unspecified atom stereocenters. The maximum atomic E-state index is 11.9. The third-order valence-corrected chi connectivity index (χ3v) is 3.39. The Morgan fingerprint density at radius 1 is 1.33 bits per heavy atom. The van der Waals surface area contributed by atoms with E-state index in [4.69, 9.17) is 4.74 Å². The van der Waals surface area contributed by atoms with E-state index in [2.05, 4.69) is 30.9 Å². The lowest BCUT2D eigenvalue weighted by molar-refractivity contribution is -0.143. The van der Waals surface area contributed by atoms with Crippen molar-refractivity contribution in [3.8, 4) is 0 Å². The maximum Gasteiger partial charge on any atom is 0.325 e. The van der Waals surface area contributed by atoms with Crippen LogP contribution in [0.1, 0.15) is 26.3 Å². The highest BCUT2D eigenvalue weighted by atomic mass is 16.5. The predicted octanol–water partition coefficient (Wildman–Crippen LogP) is 2.46. The Labute approximate surface area is 109 Å². The summed E-state index contributed by atoms with van der Waals surface area (Å²) in [6.07, 6.45) is 0. The number of carbonyl (C=O) groups is 1. The molecule has 1 heterocycles. The van der Waals surface area contributed by atoms with E-state index >= 15 is 0 Å². The third kappa shape index (κ3) is 2.72. The highest BCUT2D eigenvalue weighted by Crippen LogP contribution is 2.36. The van der Waals surface area contributed by atoms with Crippen molar-refractivity contribution >= 4 is 5.97 Å². The Bertz CT molecular complexity index is 402. The van der Waals surface area contributed by atoms with Crippen LogP contribution in [0, 0.1) is 5.92 Å². The van der Waals surface area contributed by atoms with Crippen molar-refractivity contribution in [1.29, 1.82) is 0 Å². The van der Waals surface area contributed by atoms with E-state index in [-0.39, 0.29) is 12.0 Å². The SMILES string of the molecule is CCOC(=O)[C@H]1C(C(C)C)N1Cc1ccccc1. The van der Waals surface area contributed by atoms with E-state index in [9.17, 15) is 4.79 Å². The maximum absolute atomic E-state index is 11.9. The first-order chi connectivity index (χ1) is 8.65. The van der Waals surface area contributed by atoms with Crippen LogP contribution in [0.5, 0.6) is 0 Å². The average molecular weight is 247 g/mol. The number of benzene rings is 1. The Hall–Kier alpha value is -1.35. The minimum Gasteiger partial charge on any atom is -0.465 e. The van der Waals surface area contributed by atoms with Crippen LogP contribution in [0.15, 0.2) is 30.3 Å². The number of esters is 1. The van der Waals surface area contributed by atoms with Gasteiger partial charge < -0.3 is 4.74 Å². The molecule has 0 spiro atoms. The summed E-state index contributed by atoms with van der Waals surface area (Å²) >= 11 is 0. The van der Waals surface area contributed by atoms with E-state index in [1.165, 1.54) is 5.56 Å². The quantitative estimate of drug-likeness (QED) is 0.591. The van der Waals surface area contributed by atoms with Crippen LogP contribution in [0.4, 0.5) is 0 Å². The summed E-state index contributed by atoms with van der Waals surface area (Å²) in [6.45, 7) is 7.45. The summed E-state index contributed by atoms with van der Waals surface area (Å²) in [7, 11) is 0. The van der Waals surface area contributed by atoms with E-state index < -0.39 is 0 Å². The van der Waals surface area contributed by atoms with Gasteiger partial charge in [0.25, 0.3) is 0 Å². The van der Waals surface area contributed by atoms with Gasteiger partial charge in [-0.1, -0.05) is 44.2 Å². The highest BCUT2D eigenvalue weighted by molar-refractivity contribution is 5.80. The largest absolute Gasteiger partial charge is 0.465 e. The molecule has 98 valence electrons. The zero-order valence-electron chi connectivity index (χ0n) is 11.3. The highest BCUT2D eigenvalue weighted by Gasteiger charge is 2.54. The average Bonchev–Trinajstić information content (AvgIpc) is 3.05. The van der Waals surface area contributed by atoms with E-state index in [0.29, 0.717) is 18.6 Å². The molecule has 1 fully saturated rings. The van der Waals surface area contributed by atoms with Crippen molar-refractivity contribution in [2.75, 3.05) is 6.61 Å². The van der Waals surface area contributed by atoms with Crippen molar-refractivity contribution in [3.05, 3.63) is 35.9 Å². The molecule has 0 amide bonds. The molecular weight excluding hydrogens is 226 g/mol. The van der Waals surface area contributed by atoms with Gasteiger partial charge >= 0.3 is 5.97 Å². The number of rotatable bonds is 5. The topological polar surface area (TPSA) is 29.3 Å². The lowest BCUT2D eigenvalue weighted by Crippen LogP contribution is -2.17. The fourth-order valence-electron chi connectivity index (χ4n) is 2.54. The number of nitrogens with zero attached hydrogens (tertiary/aromatic N) is 1. The van der Waals surface area contributed by atoms with Gasteiger partial charge in [-0.2, -0.15) is 0 Å². The fraction of sp³-hybridized carbons (Fsp3) is 0.533. The first-order valence-corrected chi connectivity index (χ1v) is 6.61. The summed E-state index contributed by atoms with van der Waals surface area (Å²) in [5, 5.41) is 0. The molecular formula is C15H21NO2. The molecule has 0 bridgehead atoms. The minimum atomic E-state index is -0.0767. The lowest BCUT2D eigenvalue weighted by Gasteiger charge is -2.05. The number of carbonyl (C=O) groups excluding carboxylic acids is 1. The van der Waals surface area contributed by atoms with E-state index in [1.54, 1.807) is 0 Å². The first kappa shape index (κ1) is 13.1. The Kier molecular flexibility index (Phi) is 4.02. The van der Waals surface area contributed by atoms with Crippen molar-refractivity contribution in [2.24, 2.45) is 5.92 Å².